The van der Waals surface area contributed by atoms with Crippen molar-refractivity contribution in [2.24, 2.45) is 0 Å². The number of halogens is 8. The lowest BCUT2D eigenvalue weighted by atomic mass is 9.98. The summed E-state index contributed by atoms with van der Waals surface area (Å²) in [5.41, 5.74) is -3.87. The molecule has 0 aromatic heterocycles. The van der Waals surface area contributed by atoms with Gasteiger partial charge in [0, 0.05) is 26.2 Å². The molecule has 1 N–H and O–H groups in total. The van der Waals surface area contributed by atoms with Crippen LogP contribution in [0.5, 0.6) is 0 Å². The van der Waals surface area contributed by atoms with Gasteiger partial charge < -0.3 is 5.32 Å². The number of hydrogen-bond acceptors (Lipinski definition) is 2. The van der Waals surface area contributed by atoms with E-state index in [9.17, 15) is 35.1 Å². The molecule has 1 aliphatic rings. The van der Waals surface area contributed by atoms with E-state index in [1.807, 2.05) is 0 Å². The molecule has 0 amide bonds. The lowest BCUT2D eigenvalue weighted by Gasteiger charge is -2.35. The third-order valence-corrected chi connectivity index (χ3v) is 3.74. The highest BCUT2D eigenvalue weighted by Crippen LogP contribution is 2.39. The van der Waals surface area contributed by atoms with Gasteiger partial charge in [0.25, 0.3) is 6.43 Å². The van der Waals surface area contributed by atoms with Gasteiger partial charge in [-0.25, -0.2) is 8.78 Å². The molecule has 0 spiro atoms. The van der Waals surface area contributed by atoms with Crippen LogP contribution < -0.4 is 5.32 Å². The fourth-order valence-corrected chi connectivity index (χ4v) is 2.63. The summed E-state index contributed by atoms with van der Waals surface area (Å²) in [7, 11) is 0. The Morgan fingerprint density at radius 1 is 0.833 bits per heavy atom. The molecular weight excluding hydrogens is 348 g/mol. The fourth-order valence-electron chi connectivity index (χ4n) is 2.63. The van der Waals surface area contributed by atoms with Crippen LogP contribution in [0.25, 0.3) is 0 Å². The van der Waals surface area contributed by atoms with Crippen LogP contribution in [0.1, 0.15) is 22.7 Å². The minimum Gasteiger partial charge on any atom is -0.314 e. The molecule has 1 saturated heterocycles. The Bertz CT molecular complexity index is 529. The largest absolute Gasteiger partial charge is 0.416 e. The van der Waals surface area contributed by atoms with Gasteiger partial charge in [-0.2, -0.15) is 26.3 Å². The Hall–Kier alpha value is -1.42. The van der Waals surface area contributed by atoms with Gasteiger partial charge in [-0.3, -0.25) is 4.90 Å². The Morgan fingerprint density at radius 2 is 1.29 bits per heavy atom. The summed E-state index contributed by atoms with van der Waals surface area (Å²) < 4.78 is 104. The third kappa shape index (κ3) is 4.35. The van der Waals surface area contributed by atoms with Crippen LogP contribution in [0.3, 0.4) is 0 Å². The molecule has 0 aliphatic carbocycles. The maximum absolute atomic E-state index is 13.4. The second kappa shape index (κ2) is 6.83. The molecule has 1 fully saturated rings. The van der Waals surface area contributed by atoms with Crippen molar-refractivity contribution in [3.63, 3.8) is 0 Å². The number of nitrogens with zero attached hydrogens (tertiary/aromatic N) is 1. The predicted octanol–water partition coefficient (Wildman–Crippen LogP) is 3.94. The second-order valence-electron chi connectivity index (χ2n) is 5.40. The predicted molar refractivity (Wildman–Crippen MR) is 69.6 cm³/mol. The number of hydrogen-bond donors (Lipinski definition) is 1. The first kappa shape index (κ1) is 18.9. The van der Waals surface area contributed by atoms with E-state index in [4.69, 9.17) is 0 Å². The number of benzene rings is 1. The number of alkyl halides is 8. The minimum atomic E-state index is -5.06. The average Bonchev–Trinajstić information content (AvgIpc) is 2.46. The number of piperazine rings is 1. The van der Waals surface area contributed by atoms with Crippen molar-refractivity contribution in [3.05, 3.63) is 34.9 Å². The molecule has 2 nitrogen and oxygen atoms in total. The van der Waals surface area contributed by atoms with Crippen LogP contribution in [0, 0.1) is 0 Å². The molecule has 24 heavy (non-hydrogen) atoms. The van der Waals surface area contributed by atoms with E-state index >= 15 is 0 Å². The van der Waals surface area contributed by atoms with Crippen LogP contribution >= 0.6 is 0 Å². The molecule has 0 saturated carbocycles. The molecule has 0 bridgehead atoms. The Balaban J connectivity index is 2.52. The molecule has 1 heterocycles. The molecule has 1 atom stereocenters. The Morgan fingerprint density at radius 3 is 1.67 bits per heavy atom. The van der Waals surface area contributed by atoms with Crippen molar-refractivity contribution in [2.75, 3.05) is 26.2 Å². The van der Waals surface area contributed by atoms with Crippen LogP contribution in [-0.4, -0.2) is 37.5 Å². The molecule has 10 heteroatoms. The monoisotopic (exact) mass is 362 g/mol. The van der Waals surface area contributed by atoms with Gasteiger partial charge in [0.1, 0.15) is 0 Å². The summed E-state index contributed by atoms with van der Waals surface area (Å²) in [5.74, 6) is 0. The van der Waals surface area contributed by atoms with Gasteiger partial charge >= 0.3 is 12.4 Å². The van der Waals surface area contributed by atoms with Crippen LogP contribution in [0.15, 0.2) is 18.2 Å². The lowest BCUT2D eigenvalue weighted by Crippen LogP contribution is -2.47. The summed E-state index contributed by atoms with van der Waals surface area (Å²) in [6.45, 7) is 0.863. The number of rotatable bonds is 3. The van der Waals surface area contributed by atoms with Crippen LogP contribution in [0.4, 0.5) is 35.1 Å². The molecular formula is C14H14F8N2. The van der Waals surface area contributed by atoms with Crippen molar-refractivity contribution in [1.29, 1.82) is 0 Å². The number of nitrogens with one attached hydrogen (secondary N) is 1. The van der Waals surface area contributed by atoms with Crippen molar-refractivity contribution in [3.8, 4) is 0 Å². The van der Waals surface area contributed by atoms with Crippen LogP contribution in [-0.2, 0) is 12.4 Å². The molecule has 1 aliphatic heterocycles. The van der Waals surface area contributed by atoms with Crippen molar-refractivity contribution in [1.82, 2.24) is 10.2 Å². The molecule has 136 valence electrons. The molecule has 0 unspecified atom stereocenters. The highest BCUT2D eigenvalue weighted by molar-refractivity contribution is 5.35. The van der Waals surface area contributed by atoms with Gasteiger partial charge in [0.2, 0.25) is 0 Å². The lowest BCUT2D eigenvalue weighted by molar-refractivity contribution is -0.143. The molecule has 1 aromatic rings. The summed E-state index contributed by atoms with van der Waals surface area (Å²) in [6.07, 6.45) is -13.2. The van der Waals surface area contributed by atoms with Crippen LogP contribution in [0.2, 0.25) is 0 Å². The second-order valence-corrected chi connectivity index (χ2v) is 5.40. The third-order valence-electron chi connectivity index (χ3n) is 3.74. The first-order chi connectivity index (χ1) is 11.0. The van der Waals surface area contributed by atoms with E-state index in [-0.39, 0.29) is 19.2 Å². The first-order valence-electron chi connectivity index (χ1n) is 7.02. The normalized spacial score (nSPS) is 18.9. The van der Waals surface area contributed by atoms with Gasteiger partial charge in [-0.05, 0) is 23.8 Å². The average molecular weight is 362 g/mol. The topological polar surface area (TPSA) is 15.3 Å². The Labute approximate surface area is 132 Å². The fraction of sp³-hybridized carbons (Fsp3) is 0.571. The summed E-state index contributed by atoms with van der Waals surface area (Å²) in [4.78, 5) is 1.19. The van der Waals surface area contributed by atoms with Gasteiger partial charge in [0.05, 0.1) is 17.2 Å². The zero-order valence-corrected chi connectivity index (χ0v) is 12.2. The highest BCUT2D eigenvalue weighted by Gasteiger charge is 2.39. The van der Waals surface area contributed by atoms with E-state index in [0.717, 1.165) is 0 Å². The van der Waals surface area contributed by atoms with E-state index < -0.39 is 41.5 Å². The maximum Gasteiger partial charge on any atom is 0.416 e. The molecule has 0 radical (unpaired) electrons. The van der Waals surface area contributed by atoms with E-state index in [1.165, 1.54) is 4.90 Å². The quantitative estimate of drug-likeness (QED) is 0.820. The van der Waals surface area contributed by atoms with Crippen molar-refractivity contribution < 1.29 is 35.1 Å². The zero-order valence-electron chi connectivity index (χ0n) is 12.2. The SMILES string of the molecule is FC(F)[C@@H](c1cc(C(F)(F)F)cc(C(F)(F)F)c1)N1CCNCC1. The van der Waals surface area contributed by atoms with Crippen molar-refractivity contribution >= 4 is 0 Å². The van der Waals surface area contributed by atoms with E-state index in [0.29, 0.717) is 25.2 Å². The smallest absolute Gasteiger partial charge is 0.314 e. The van der Waals surface area contributed by atoms with Crippen molar-refractivity contribution in [2.45, 2.75) is 24.8 Å². The Kier molecular flexibility index (Phi) is 5.38. The van der Waals surface area contributed by atoms with Gasteiger partial charge in [-0.1, -0.05) is 0 Å². The van der Waals surface area contributed by atoms with E-state index in [2.05, 4.69) is 5.32 Å². The standard InChI is InChI=1S/C14H14F8N2/c15-12(16)11(24-3-1-23-2-4-24)8-5-9(13(17,18)19)7-10(6-8)14(20,21)22/h5-7,11-12,23H,1-4H2/t11-/m1/s1. The molecule has 2 rings (SSSR count). The highest BCUT2D eigenvalue weighted by atomic mass is 19.4. The summed E-state index contributed by atoms with van der Waals surface area (Å²) in [6, 6.07) is -1.15. The summed E-state index contributed by atoms with van der Waals surface area (Å²) >= 11 is 0. The zero-order chi connectivity index (χ0) is 18.1. The maximum atomic E-state index is 13.4. The summed E-state index contributed by atoms with van der Waals surface area (Å²) in [5, 5.41) is 2.88. The minimum absolute atomic E-state index is 0.0657. The van der Waals surface area contributed by atoms with Gasteiger partial charge in [0.15, 0.2) is 0 Å². The van der Waals surface area contributed by atoms with E-state index in [1.54, 1.807) is 0 Å². The first-order valence-corrected chi connectivity index (χ1v) is 7.02. The van der Waals surface area contributed by atoms with Gasteiger partial charge in [-0.15, -0.1) is 0 Å². The molecule has 1 aromatic carbocycles.